The van der Waals surface area contributed by atoms with Crippen LogP contribution in [0.4, 0.5) is 5.69 Å². The number of rotatable bonds is 4. The summed E-state index contributed by atoms with van der Waals surface area (Å²) in [5, 5.41) is 3.66. The molecule has 1 aromatic carbocycles. The number of hydrogen-bond acceptors (Lipinski definition) is 1. The van der Waals surface area contributed by atoms with Gasteiger partial charge in [0.25, 0.3) is 0 Å². The number of amides is 1. The number of hydrogen-bond donors (Lipinski definition) is 1. The van der Waals surface area contributed by atoms with Crippen molar-refractivity contribution in [2.45, 2.75) is 38.4 Å². The molecule has 0 fully saturated rings. The molecule has 0 spiro atoms. The molecule has 0 saturated heterocycles. The van der Waals surface area contributed by atoms with Crippen molar-refractivity contribution >= 4 is 39.1 Å². The van der Waals surface area contributed by atoms with E-state index in [1.165, 1.54) is 0 Å². The first-order valence-electron chi connectivity index (χ1n) is 5.76. The summed E-state index contributed by atoms with van der Waals surface area (Å²) in [7, 11) is 0. The molecule has 1 atom stereocenters. The molecule has 2 nitrogen and oxygen atoms in total. The average Bonchev–Trinajstić information content (AvgIpc) is 2.29. The molecule has 17 heavy (non-hydrogen) atoms. The molecule has 0 bridgehead atoms. The summed E-state index contributed by atoms with van der Waals surface area (Å²) < 4.78 is 0. The van der Waals surface area contributed by atoms with Gasteiger partial charge in [0, 0.05) is 10.7 Å². The Bertz CT molecular complexity index is 418. The number of carbonyl (C=O) groups excluding carboxylic acids is 1. The molecule has 1 aromatic rings. The van der Waals surface area contributed by atoms with Crippen LogP contribution < -0.4 is 5.32 Å². The molecule has 0 aliphatic rings. The third-order valence-corrected chi connectivity index (χ3v) is 3.46. The van der Waals surface area contributed by atoms with Crippen molar-refractivity contribution in [2.24, 2.45) is 0 Å². The van der Waals surface area contributed by atoms with Gasteiger partial charge in [0.1, 0.15) is 0 Å². The van der Waals surface area contributed by atoms with Gasteiger partial charge in [-0.1, -0.05) is 47.4 Å². The van der Waals surface area contributed by atoms with Crippen LogP contribution in [-0.4, -0.2) is 10.7 Å². The van der Waals surface area contributed by atoms with Crippen LogP contribution in [0.15, 0.2) is 12.1 Å². The van der Waals surface area contributed by atoms with Crippen molar-refractivity contribution in [3.63, 3.8) is 0 Å². The van der Waals surface area contributed by atoms with E-state index in [4.69, 9.17) is 11.6 Å². The van der Waals surface area contributed by atoms with Gasteiger partial charge < -0.3 is 5.32 Å². The Morgan fingerprint density at radius 2 is 2.06 bits per heavy atom. The van der Waals surface area contributed by atoms with Crippen LogP contribution in [0, 0.1) is 0 Å². The molecule has 0 saturated carbocycles. The van der Waals surface area contributed by atoms with E-state index in [0.717, 1.165) is 29.7 Å². The zero-order valence-electron chi connectivity index (χ0n) is 10.3. The largest absolute Gasteiger partial charge is 0.325 e. The van der Waals surface area contributed by atoms with Gasteiger partial charge in [-0.2, -0.15) is 0 Å². The summed E-state index contributed by atoms with van der Waals surface area (Å²) in [6.45, 7) is 5.90. The Kier molecular flexibility index (Phi) is 5.47. The molecular weight excluding hydrogens is 302 g/mol. The molecular formula is C13H17BrClNO. The van der Waals surface area contributed by atoms with Crippen molar-refractivity contribution < 1.29 is 4.79 Å². The number of aryl methyl sites for hydroxylation is 1. The molecule has 1 unspecified atom stereocenters. The highest BCUT2D eigenvalue weighted by Crippen LogP contribution is 2.29. The first-order chi connectivity index (χ1) is 8.01. The van der Waals surface area contributed by atoms with E-state index >= 15 is 0 Å². The quantitative estimate of drug-likeness (QED) is 0.829. The summed E-state index contributed by atoms with van der Waals surface area (Å²) in [4.78, 5) is 11.5. The lowest BCUT2D eigenvalue weighted by molar-refractivity contribution is -0.115. The fourth-order valence-corrected chi connectivity index (χ4v) is 2.10. The van der Waals surface area contributed by atoms with Crippen LogP contribution >= 0.6 is 27.5 Å². The molecule has 1 N–H and O–H groups in total. The summed E-state index contributed by atoms with van der Waals surface area (Å²) in [5.74, 6) is -0.0448. The maximum Gasteiger partial charge on any atom is 0.237 e. The van der Waals surface area contributed by atoms with Gasteiger partial charge >= 0.3 is 0 Å². The van der Waals surface area contributed by atoms with Gasteiger partial charge in [-0.3, -0.25) is 4.79 Å². The topological polar surface area (TPSA) is 29.1 Å². The molecule has 1 rings (SSSR count). The Hall–Kier alpha value is -0.540. The number of anilines is 1. The monoisotopic (exact) mass is 317 g/mol. The van der Waals surface area contributed by atoms with E-state index in [1.54, 1.807) is 6.92 Å². The van der Waals surface area contributed by atoms with Crippen molar-refractivity contribution in [3.8, 4) is 0 Å². The maximum absolute atomic E-state index is 11.8. The highest BCUT2D eigenvalue weighted by Gasteiger charge is 2.15. The number of halogens is 2. The minimum absolute atomic E-state index is 0.0448. The van der Waals surface area contributed by atoms with Crippen molar-refractivity contribution in [1.82, 2.24) is 0 Å². The molecule has 1 amide bonds. The van der Waals surface area contributed by atoms with Gasteiger partial charge in [-0.25, -0.2) is 0 Å². The Balaban J connectivity index is 3.18. The fourth-order valence-electron chi connectivity index (χ4n) is 1.69. The van der Waals surface area contributed by atoms with Gasteiger partial charge in [0.05, 0.1) is 4.83 Å². The second-order valence-electron chi connectivity index (χ2n) is 3.87. The second kappa shape index (κ2) is 6.41. The molecule has 0 aromatic heterocycles. The van der Waals surface area contributed by atoms with Gasteiger partial charge in [-0.15, -0.1) is 0 Å². The number of carbonyl (C=O) groups is 1. The Labute approximate surface area is 116 Å². The van der Waals surface area contributed by atoms with E-state index < -0.39 is 0 Å². The van der Waals surface area contributed by atoms with Crippen LogP contribution in [0.5, 0.6) is 0 Å². The zero-order chi connectivity index (χ0) is 13.0. The Morgan fingerprint density at radius 3 is 2.53 bits per heavy atom. The van der Waals surface area contributed by atoms with Gasteiger partial charge in [0.2, 0.25) is 5.91 Å². The highest BCUT2D eigenvalue weighted by molar-refractivity contribution is 9.10. The molecule has 94 valence electrons. The minimum Gasteiger partial charge on any atom is -0.325 e. The van der Waals surface area contributed by atoms with E-state index in [2.05, 4.69) is 28.2 Å². The fraction of sp³-hybridized carbons (Fsp3) is 0.462. The maximum atomic E-state index is 11.8. The van der Waals surface area contributed by atoms with Crippen LogP contribution in [0.3, 0.4) is 0 Å². The van der Waals surface area contributed by atoms with Gasteiger partial charge in [-0.05, 0) is 37.0 Å². The lowest BCUT2D eigenvalue weighted by Gasteiger charge is -2.16. The second-order valence-corrected chi connectivity index (χ2v) is 5.65. The normalized spacial score (nSPS) is 12.3. The SMILES string of the molecule is CCc1ccc(Cl)c(CC)c1NC(=O)C(C)Br. The number of nitrogens with one attached hydrogen (secondary N) is 1. The Morgan fingerprint density at radius 1 is 1.41 bits per heavy atom. The third kappa shape index (κ3) is 3.46. The van der Waals surface area contributed by atoms with Gasteiger partial charge in [0.15, 0.2) is 0 Å². The number of alkyl halides is 1. The summed E-state index contributed by atoms with van der Waals surface area (Å²) in [6.07, 6.45) is 1.68. The van der Waals surface area contributed by atoms with Crippen molar-refractivity contribution in [3.05, 3.63) is 28.3 Å². The lowest BCUT2D eigenvalue weighted by Crippen LogP contribution is -2.21. The van der Waals surface area contributed by atoms with Crippen molar-refractivity contribution in [1.29, 1.82) is 0 Å². The van der Waals surface area contributed by atoms with E-state index in [-0.39, 0.29) is 10.7 Å². The third-order valence-electron chi connectivity index (χ3n) is 2.69. The summed E-state index contributed by atoms with van der Waals surface area (Å²) in [5.41, 5.74) is 3.00. The van der Waals surface area contributed by atoms with Crippen LogP contribution in [0.1, 0.15) is 31.9 Å². The molecule has 0 aliphatic carbocycles. The first-order valence-corrected chi connectivity index (χ1v) is 7.05. The smallest absolute Gasteiger partial charge is 0.237 e. The van der Waals surface area contributed by atoms with E-state index in [9.17, 15) is 4.79 Å². The van der Waals surface area contributed by atoms with Crippen molar-refractivity contribution in [2.75, 3.05) is 5.32 Å². The minimum atomic E-state index is -0.212. The molecule has 0 heterocycles. The average molecular weight is 319 g/mol. The zero-order valence-corrected chi connectivity index (χ0v) is 12.7. The summed E-state index contributed by atoms with van der Waals surface area (Å²) in [6, 6.07) is 3.86. The van der Waals surface area contributed by atoms with Crippen LogP contribution in [0.2, 0.25) is 5.02 Å². The lowest BCUT2D eigenvalue weighted by atomic mass is 10.0. The van der Waals surface area contributed by atoms with E-state index in [0.29, 0.717) is 5.02 Å². The summed E-state index contributed by atoms with van der Waals surface area (Å²) >= 11 is 9.42. The van der Waals surface area contributed by atoms with E-state index in [1.807, 2.05) is 19.1 Å². The first kappa shape index (κ1) is 14.5. The van der Waals surface area contributed by atoms with Crippen LogP contribution in [0.25, 0.3) is 0 Å². The molecule has 4 heteroatoms. The predicted molar refractivity (Wildman–Crippen MR) is 77.2 cm³/mol. The highest BCUT2D eigenvalue weighted by atomic mass is 79.9. The number of benzene rings is 1. The standard InChI is InChI=1S/C13H17BrClNO/c1-4-9-6-7-11(15)10(5-2)12(9)16-13(17)8(3)14/h6-8H,4-5H2,1-3H3,(H,16,17). The predicted octanol–water partition coefficient (Wildman–Crippen LogP) is 4.19. The van der Waals surface area contributed by atoms with Crippen LogP contribution in [-0.2, 0) is 17.6 Å². The molecule has 0 aliphatic heterocycles. The molecule has 0 radical (unpaired) electrons.